The van der Waals surface area contributed by atoms with Gasteiger partial charge < -0.3 is 0 Å². The molecule has 0 bridgehead atoms. The zero-order chi connectivity index (χ0) is 11.7. The van der Waals surface area contributed by atoms with Crippen molar-refractivity contribution in [2.75, 3.05) is 0 Å². The summed E-state index contributed by atoms with van der Waals surface area (Å²) in [5.41, 5.74) is 2.78. The Hall–Kier alpha value is -2.42. The average molecular weight is 221 g/mol. The topological polar surface area (TPSA) is 44.1 Å². The number of aromatic nitrogens is 1. The van der Waals surface area contributed by atoms with E-state index in [1.807, 2.05) is 36.4 Å². The number of amides is 1. The third-order valence-corrected chi connectivity index (χ3v) is 2.67. The summed E-state index contributed by atoms with van der Waals surface area (Å²) in [6.45, 7) is 0. The van der Waals surface area contributed by atoms with E-state index in [4.69, 9.17) is 0 Å². The van der Waals surface area contributed by atoms with Gasteiger partial charge in [-0.1, -0.05) is 18.2 Å². The number of pyridine rings is 1. The normalized spacial score (nSPS) is 14.6. The van der Waals surface area contributed by atoms with Crippen LogP contribution in [-0.4, -0.2) is 10.9 Å². The van der Waals surface area contributed by atoms with Gasteiger partial charge in [-0.05, 0) is 29.3 Å². The second kappa shape index (κ2) is 3.87. The monoisotopic (exact) mass is 221 g/mol. The minimum Gasteiger partial charge on any atom is -0.267 e. The van der Waals surface area contributed by atoms with E-state index in [0.29, 0.717) is 0 Å². The van der Waals surface area contributed by atoms with Crippen LogP contribution in [-0.2, 0) is 4.79 Å². The highest BCUT2D eigenvalue weighted by Crippen LogP contribution is 2.21. The summed E-state index contributed by atoms with van der Waals surface area (Å²) in [7, 11) is 0. The molecular formula is C14H9N2O. The van der Waals surface area contributed by atoms with Crippen LogP contribution in [0.15, 0.2) is 54.9 Å². The minimum atomic E-state index is -0.219. The maximum atomic E-state index is 11.2. The van der Waals surface area contributed by atoms with Gasteiger partial charge in [0.05, 0.1) is 5.52 Å². The highest BCUT2D eigenvalue weighted by molar-refractivity contribution is 6.00. The Labute approximate surface area is 98.5 Å². The molecule has 3 rings (SSSR count). The zero-order valence-electron chi connectivity index (χ0n) is 9.00. The molecule has 81 valence electrons. The van der Waals surface area contributed by atoms with Crippen LogP contribution in [0.4, 0.5) is 0 Å². The van der Waals surface area contributed by atoms with Gasteiger partial charge in [-0.3, -0.25) is 9.78 Å². The van der Waals surface area contributed by atoms with Crippen LogP contribution < -0.4 is 5.32 Å². The van der Waals surface area contributed by atoms with Gasteiger partial charge in [0.1, 0.15) is 0 Å². The molecule has 0 saturated heterocycles. The molecule has 0 spiro atoms. The lowest BCUT2D eigenvalue weighted by molar-refractivity contribution is -0.115. The standard InChI is InChI=1S/C14H9N2O/c17-14-9-12(5-7-16-14)11-4-3-10-2-1-6-15-13(10)8-11/h1-9H. The smallest absolute Gasteiger partial charge is 0.267 e. The molecular weight excluding hydrogens is 212 g/mol. The fourth-order valence-electron chi connectivity index (χ4n) is 1.84. The van der Waals surface area contributed by atoms with Crippen molar-refractivity contribution in [1.82, 2.24) is 10.3 Å². The first-order chi connectivity index (χ1) is 8.33. The number of benzene rings is 1. The Morgan fingerprint density at radius 3 is 2.94 bits per heavy atom. The lowest BCUT2D eigenvalue weighted by Crippen LogP contribution is -2.09. The second-order valence-electron chi connectivity index (χ2n) is 3.79. The molecule has 1 amide bonds. The Kier molecular flexibility index (Phi) is 2.22. The van der Waals surface area contributed by atoms with Crippen molar-refractivity contribution in [3.05, 3.63) is 60.4 Å². The number of fused-ring (bicyclic) bond motifs is 1. The van der Waals surface area contributed by atoms with Gasteiger partial charge in [-0.2, -0.15) is 0 Å². The average Bonchev–Trinajstić information content (AvgIpc) is 2.38. The van der Waals surface area contributed by atoms with E-state index in [1.165, 1.54) is 12.3 Å². The first-order valence-corrected chi connectivity index (χ1v) is 5.31. The molecule has 1 aliphatic heterocycles. The van der Waals surface area contributed by atoms with Crippen molar-refractivity contribution in [2.45, 2.75) is 0 Å². The number of hydrogen-bond acceptors (Lipinski definition) is 2. The van der Waals surface area contributed by atoms with Crippen molar-refractivity contribution in [3.63, 3.8) is 0 Å². The molecule has 1 aliphatic rings. The number of carbonyl (C=O) groups is 1. The van der Waals surface area contributed by atoms with Gasteiger partial charge in [0, 0.05) is 23.9 Å². The van der Waals surface area contributed by atoms with E-state index in [9.17, 15) is 4.79 Å². The lowest BCUT2D eigenvalue weighted by Gasteiger charge is -2.07. The first kappa shape index (κ1) is 9.78. The Morgan fingerprint density at radius 2 is 2.06 bits per heavy atom. The summed E-state index contributed by atoms with van der Waals surface area (Å²) in [5.74, 6) is -0.219. The molecule has 0 saturated carbocycles. The maximum absolute atomic E-state index is 11.2. The van der Waals surface area contributed by atoms with Gasteiger partial charge in [0.2, 0.25) is 0 Å². The third kappa shape index (κ3) is 1.83. The molecule has 2 aromatic rings. The summed E-state index contributed by atoms with van der Waals surface area (Å²) in [6.07, 6.45) is 6.65. The van der Waals surface area contributed by atoms with E-state index >= 15 is 0 Å². The van der Waals surface area contributed by atoms with Crippen molar-refractivity contribution < 1.29 is 4.79 Å². The van der Waals surface area contributed by atoms with Crippen LogP contribution in [0.25, 0.3) is 16.5 Å². The van der Waals surface area contributed by atoms with E-state index in [-0.39, 0.29) is 5.91 Å². The first-order valence-electron chi connectivity index (χ1n) is 5.31. The molecule has 0 unspecified atom stereocenters. The molecule has 17 heavy (non-hydrogen) atoms. The fraction of sp³-hybridized carbons (Fsp3) is 0. The van der Waals surface area contributed by atoms with Crippen LogP contribution in [0.5, 0.6) is 0 Å². The second-order valence-corrected chi connectivity index (χ2v) is 3.79. The molecule has 1 radical (unpaired) electrons. The van der Waals surface area contributed by atoms with E-state index in [1.54, 1.807) is 6.20 Å². The van der Waals surface area contributed by atoms with E-state index in [0.717, 1.165) is 22.0 Å². The summed E-state index contributed by atoms with van der Waals surface area (Å²) in [6, 6.07) is 9.88. The van der Waals surface area contributed by atoms with Crippen LogP contribution in [0, 0.1) is 0 Å². The van der Waals surface area contributed by atoms with Gasteiger partial charge in [0.25, 0.3) is 5.91 Å². The Morgan fingerprint density at radius 1 is 1.12 bits per heavy atom. The predicted octanol–water partition coefficient (Wildman–Crippen LogP) is 2.28. The van der Waals surface area contributed by atoms with Gasteiger partial charge in [-0.25, -0.2) is 5.32 Å². The molecule has 3 nitrogen and oxygen atoms in total. The molecule has 1 aromatic heterocycles. The SMILES string of the molecule is O=C1C=C(c2ccc3cccnc3c2)C=C[N]1. The largest absolute Gasteiger partial charge is 0.270 e. The minimum absolute atomic E-state index is 0.219. The highest BCUT2D eigenvalue weighted by atomic mass is 16.1. The lowest BCUT2D eigenvalue weighted by atomic mass is 10.0. The van der Waals surface area contributed by atoms with Crippen molar-refractivity contribution in [2.24, 2.45) is 0 Å². The van der Waals surface area contributed by atoms with Crippen LogP contribution >= 0.6 is 0 Å². The van der Waals surface area contributed by atoms with Crippen LogP contribution in [0.3, 0.4) is 0 Å². The summed E-state index contributed by atoms with van der Waals surface area (Å²) >= 11 is 0. The molecule has 0 N–H and O–H groups in total. The predicted molar refractivity (Wildman–Crippen MR) is 66.0 cm³/mol. The van der Waals surface area contributed by atoms with E-state index in [2.05, 4.69) is 10.3 Å². The molecule has 3 heteroatoms. The highest BCUT2D eigenvalue weighted by Gasteiger charge is 2.07. The summed E-state index contributed by atoms with van der Waals surface area (Å²) in [5, 5.41) is 4.75. The molecule has 1 aromatic carbocycles. The van der Waals surface area contributed by atoms with Gasteiger partial charge >= 0.3 is 0 Å². The van der Waals surface area contributed by atoms with E-state index < -0.39 is 0 Å². The molecule has 2 heterocycles. The number of allylic oxidation sites excluding steroid dienone is 2. The third-order valence-electron chi connectivity index (χ3n) is 2.67. The van der Waals surface area contributed by atoms with Gasteiger partial charge in [0.15, 0.2) is 0 Å². The molecule has 0 fully saturated rings. The van der Waals surface area contributed by atoms with Crippen molar-refractivity contribution in [3.8, 4) is 0 Å². The van der Waals surface area contributed by atoms with Crippen molar-refractivity contribution in [1.29, 1.82) is 0 Å². The fourth-order valence-corrected chi connectivity index (χ4v) is 1.84. The van der Waals surface area contributed by atoms with Gasteiger partial charge in [-0.15, -0.1) is 0 Å². The molecule has 0 aliphatic carbocycles. The maximum Gasteiger partial charge on any atom is 0.270 e. The number of hydrogen-bond donors (Lipinski definition) is 0. The number of carbonyl (C=O) groups excluding carboxylic acids is 1. The van der Waals surface area contributed by atoms with Crippen LogP contribution in [0.1, 0.15) is 5.56 Å². The summed E-state index contributed by atoms with van der Waals surface area (Å²) in [4.78, 5) is 15.5. The van der Waals surface area contributed by atoms with Crippen molar-refractivity contribution >= 4 is 22.4 Å². The summed E-state index contributed by atoms with van der Waals surface area (Å²) < 4.78 is 0. The molecule has 0 atom stereocenters. The Balaban J connectivity index is 2.12. The quantitative estimate of drug-likeness (QED) is 0.741. The van der Waals surface area contributed by atoms with Crippen LogP contribution in [0.2, 0.25) is 0 Å². The number of rotatable bonds is 1. The Bertz CT molecular complexity index is 656. The number of nitrogens with zero attached hydrogens (tertiary/aromatic N) is 2. The zero-order valence-corrected chi connectivity index (χ0v) is 9.00.